The molecule has 4 amide bonds. The van der Waals surface area contributed by atoms with Crippen molar-refractivity contribution in [1.29, 1.82) is 5.26 Å². The van der Waals surface area contributed by atoms with E-state index in [2.05, 4.69) is 52.3 Å². The number of ether oxygens (including phenoxy) is 6. The number of nitrogens with one attached hydrogen (secondary N) is 5. The Morgan fingerprint density at radius 2 is 1.13 bits per heavy atom. The molecule has 0 aliphatic rings. The third-order valence-corrected chi connectivity index (χ3v) is 11.8. The van der Waals surface area contributed by atoms with Gasteiger partial charge < -0.3 is 49.7 Å². The smallest absolute Gasteiger partial charge is 0.342 e. The van der Waals surface area contributed by atoms with E-state index in [4.69, 9.17) is 28.4 Å². The lowest BCUT2D eigenvalue weighted by molar-refractivity contribution is -0.117. The van der Waals surface area contributed by atoms with Crippen LogP contribution in [0, 0.1) is 11.3 Å². The molecule has 0 saturated carbocycles. The second-order valence-corrected chi connectivity index (χ2v) is 17.3. The molecule has 1 unspecified atom stereocenters. The van der Waals surface area contributed by atoms with Crippen LogP contribution in [0.1, 0.15) is 50.0 Å². The largest absolute Gasteiger partial charge is 0.491 e. The highest BCUT2D eigenvalue weighted by Crippen LogP contribution is 2.42. The summed E-state index contributed by atoms with van der Waals surface area (Å²) < 4.78 is 62.6. The highest BCUT2D eigenvalue weighted by molar-refractivity contribution is 7.89. The van der Waals surface area contributed by atoms with Gasteiger partial charge >= 0.3 is 5.97 Å². The van der Waals surface area contributed by atoms with Gasteiger partial charge in [-0.25, -0.2) is 13.2 Å². The molecule has 5 N–H and O–H groups in total. The van der Waals surface area contributed by atoms with Crippen LogP contribution in [-0.4, -0.2) is 84.7 Å². The third kappa shape index (κ3) is 15.3. The SMILES string of the molecule is C=CCOC(=O)c1ccc(NC(=O)c2ccc(NC(=O)c3ccc(NC(=O)C(CC#N)NS(=O)(=O)c4ccc(NC(=O)/C(C)=C/c5ccc(OCC=C)cc5)cc4)cc3)c(OC)c2OCC=C)c(OC)c1OCC=C. The first kappa shape index (κ1) is 56.5. The number of sulfonamides is 1. The van der Waals surface area contributed by atoms with Crippen LogP contribution in [0.25, 0.3) is 6.08 Å². The lowest BCUT2D eigenvalue weighted by atomic mass is 10.1. The molecule has 5 aromatic carbocycles. The number of benzene rings is 5. The molecule has 0 heterocycles. The van der Waals surface area contributed by atoms with E-state index in [-0.39, 0.29) is 81.5 Å². The molecule has 19 nitrogen and oxygen atoms in total. The zero-order valence-electron chi connectivity index (χ0n) is 41.2. The van der Waals surface area contributed by atoms with Crippen molar-refractivity contribution in [1.82, 2.24) is 4.72 Å². The van der Waals surface area contributed by atoms with Crippen LogP contribution in [0.2, 0.25) is 0 Å². The molecule has 0 aliphatic carbocycles. The molecule has 0 aromatic heterocycles. The van der Waals surface area contributed by atoms with Crippen molar-refractivity contribution in [2.24, 2.45) is 0 Å². The van der Waals surface area contributed by atoms with Gasteiger partial charge in [-0.1, -0.05) is 62.8 Å². The van der Waals surface area contributed by atoms with Crippen LogP contribution in [0.3, 0.4) is 0 Å². The van der Waals surface area contributed by atoms with Crippen LogP contribution in [-0.2, 0) is 24.3 Å². The first-order chi connectivity index (χ1) is 36.1. The number of carbonyl (C=O) groups excluding carboxylic acids is 5. The van der Waals surface area contributed by atoms with Crippen molar-refractivity contribution in [3.63, 3.8) is 0 Å². The predicted octanol–water partition coefficient (Wildman–Crippen LogP) is 8.49. The number of amides is 4. The number of carbonyl (C=O) groups is 5. The molecule has 0 saturated heterocycles. The van der Waals surface area contributed by atoms with Crippen molar-refractivity contribution in [3.05, 3.63) is 176 Å². The average molecular weight is 1040 g/mol. The molecule has 0 radical (unpaired) electrons. The number of anilines is 4. The minimum atomic E-state index is -4.36. The lowest BCUT2D eigenvalue weighted by Gasteiger charge is -2.20. The minimum absolute atomic E-state index is 0.00880. The summed E-state index contributed by atoms with van der Waals surface area (Å²) in [6.07, 6.45) is 7.08. The summed E-state index contributed by atoms with van der Waals surface area (Å²) in [5.41, 5.74) is 1.96. The Hall–Kier alpha value is -9.45. The van der Waals surface area contributed by atoms with Gasteiger partial charge in [-0.2, -0.15) is 9.98 Å². The van der Waals surface area contributed by atoms with Gasteiger partial charge in [0.15, 0.2) is 23.0 Å². The Bertz CT molecular complexity index is 3130. The predicted molar refractivity (Wildman–Crippen MR) is 284 cm³/mol. The summed E-state index contributed by atoms with van der Waals surface area (Å²) in [4.78, 5) is 66.4. The van der Waals surface area contributed by atoms with Crippen LogP contribution in [0.5, 0.6) is 28.7 Å². The highest BCUT2D eigenvalue weighted by atomic mass is 32.2. The maximum atomic E-state index is 13.9. The van der Waals surface area contributed by atoms with E-state index >= 15 is 0 Å². The Labute approximate surface area is 434 Å². The Morgan fingerprint density at radius 3 is 1.69 bits per heavy atom. The fourth-order valence-corrected chi connectivity index (χ4v) is 7.98. The minimum Gasteiger partial charge on any atom is -0.491 e. The van der Waals surface area contributed by atoms with Crippen molar-refractivity contribution >= 4 is 68.4 Å². The highest BCUT2D eigenvalue weighted by Gasteiger charge is 2.28. The standard InChI is InChI=1S/C55H54N6O13S/c1-8-30-71-40-20-12-36(13-21-40)34-35(5)51(62)57-39-18-22-41(23-19-39)75(67,68)61-46(28-29-56)54(65)58-38-16-14-37(15-17-38)52(63)59-44-26-24-42(47(49(44)69-6)72-31-9-2)53(64)60-45-27-25-43(55(66)74-33-11-4)48(50(45)70-7)73-32-10-3/h8-27,34,46,61H,1-4,28,30-33H2,5-7H3,(H,57,62)(H,58,65)(H,59,63)(H,60,64)/b35-34+. The number of nitrogens with zero attached hydrogens (tertiary/aromatic N) is 1. The summed E-state index contributed by atoms with van der Waals surface area (Å²) >= 11 is 0. The van der Waals surface area contributed by atoms with E-state index in [0.717, 1.165) is 5.56 Å². The van der Waals surface area contributed by atoms with Gasteiger partial charge in [0.25, 0.3) is 17.7 Å². The summed E-state index contributed by atoms with van der Waals surface area (Å²) in [5, 5.41) is 20.3. The first-order valence-corrected chi connectivity index (χ1v) is 24.1. The number of methoxy groups -OCH3 is 2. The summed E-state index contributed by atoms with van der Waals surface area (Å²) in [6.45, 7) is 16.3. The maximum absolute atomic E-state index is 13.9. The molecule has 0 bridgehead atoms. The lowest BCUT2D eigenvalue weighted by Crippen LogP contribution is -2.43. The monoisotopic (exact) mass is 1040 g/mol. The fraction of sp³-hybridized carbons (Fsp3) is 0.164. The van der Waals surface area contributed by atoms with Crippen LogP contribution < -0.4 is 49.7 Å². The quantitative estimate of drug-likeness (QED) is 0.0188. The van der Waals surface area contributed by atoms with Gasteiger partial charge in [0, 0.05) is 22.5 Å². The normalized spacial score (nSPS) is 11.3. The molecule has 20 heteroatoms. The molecule has 0 fully saturated rings. The fourth-order valence-electron chi connectivity index (χ4n) is 6.78. The summed E-state index contributed by atoms with van der Waals surface area (Å²) in [7, 11) is -1.72. The second kappa shape index (κ2) is 27.4. The molecular formula is C55H54N6O13S. The Morgan fingerprint density at radius 1 is 0.613 bits per heavy atom. The molecule has 388 valence electrons. The molecule has 5 aromatic rings. The van der Waals surface area contributed by atoms with E-state index in [0.29, 0.717) is 23.6 Å². The Kier molecular flexibility index (Phi) is 20.6. The van der Waals surface area contributed by atoms with Crippen molar-refractivity contribution in [2.45, 2.75) is 24.3 Å². The zero-order chi connectivity index (χ0) is 54.5. The number of nitriles is 1. The number of hydrogen-bond donors (Lipinski definition) is 5. The van der Waals surface area contributed by atoms with Crippen LogP contribution in [0.4, 0.5) is 22.7 Å². The van der Waals surface area contributed by atoms with Crippen molar-refractivity contribution in [3.8, 4) is 34.8 Å². The molecule has 75 heavy (non-hydrogen) atoms. The van der Waals surface area contributed by atoms with E-state index in [9.17, 15) is 37.7 Å². The topological polar surface area (TPSA) is 259 Å². The second-order valence-electron chi connectivity index (χ2n) is 15.6. The van der Waals surface area contributed by atoms with Gasteiger partial charge in [0.2, 0.25) is 15.9 Å². The van der Waals surface area contributed by atoms with Crippen LogP contribution in [0.15, 0.2) is 158 Å². The maximum Gasteiger partial charge on any atom is 0.342 e. The van der Waals surface area contributed by atoms with E-state index in [1.807, 2.05) is 6.07 Å². The summed E-state index contributed by atoms with van der Waals surface area (Å²) in [6, 6.07) is 23.9. The van der Waals surface area contributed by atoms with Gasteiger partial charge in [-0.05, 0) is 103 Å². The van der Waals surface area contributed by atoms with E-state index in [1.165, 1.54) is 105 Å². The zero-order valence-corrected chi connectivity index (χ0v) is 42.0. The van der Waals surface area contributed by atoms with Gasteiger partial charge in [0.05, 0.1) is 48.5 Å². The third-order valence-electron chi connectivity index (χ3n) is 10.4. The molecule has 0 spiro atoms. The van der Waals surface area contributed by atoms with Gasteiger partial charge in [-0.15, -0.1) is 0 Å². The van der Waals surface area contributed by atoms with E-state index < -0.39 is 52.1 Å². The Balaban J connectivity index is 1.25. The van der Waals surface area contributed by atoms with Crippen molar-refractivity contribution < 1.29 is 60.8 Å². The van der Waals surface area contributed by atoms with E-state index in [1.54, 1.807) is 43.3 Å². The molecule has 0 aliphatic heterocycles. The van der Waals surface area contributed by atoms with Crippen LogP contribution >= 0.6 is 0 Å². The van der Waals surface area contributed by atoms with Crippen molar-refractivity contribution in [2.75, 3.05) is 61.9 Å². The molecule has 5 rings (SSSR count). The molecule has 1 atom stereocenters. The first-order valence-electron chi connectivity index (χ1n) is 22.6. The van der Waals surface area contributed by atoms with Gasteiger partial charge in [0.1, 0.15) is 43.8 Å². The van der Waals surface area contributed by atoms with Gasteiger partial charge in [-0.3, -0.25) is 19.2 Å². The average Bonchev–Trinajstić information content (AvgIpc) is 3.40. The number of esters is 1. The summed E-state index contributed by atoms with van der Waals surface area (Å²) in [5.74, 6) is -2.77. The number of rotatable bonds is 27. The number of hydrogen-bond acceptors (Lipinski definition) is 14. The molecular weight excluding hydrogens is 985 g/mol.